The maximum absolute atomic E-state index is 12.3. The Morgan fingerprint density at radius 3 is 2.31 bits per heavy atom. The molecule has 2 aromatic rings. The standard InChI is InChI=1S/C21H30N4O2S2/c1-16(2)25(5)15-18-10-7-6-9-17(18)14-22-21(28)23-19-11-8-12-20(13-19)29(26,27)24(3)4/h6-13,16H,14-15H2,1-5H3,(H2,22,23,28). The lowest BCUT2D eigenvalue weighted by Crippen LogP contribution is -2.30. The van der Waals surface area contributed by atoms with Gasteiger partial charge in [0.25, 0.3) is 0 Å². The normalized spacial score (nSPS) is 11.9. The number of hydrogen-bond acceptors (Lipinski definition) is 4. The van der Waals surface area contributed by atoms with Gasteiger partial charge in [-0.1, -0.05) is 30.3 Å². The van der Waals surface area contributed by atoms with Gasteiger partial charge < -0.3 is 10.6 Å². The van der Waals surface area contributed by atoms with Gasteiger partial charge >= 0.3 is 0 Å². The molecule has 8 heteroatoms. The van der Waals surface area contributed by atoms with Crippen LogP contribution >= 0.6 is 12.2 Å². The summed E-state index contributed by atoms with van der Waals surface area (Å²) >= 11 is 5.40. The van der Waals surface area contributed by atoms with Gasteiger partial charge in [0.2, 0.25) is 10.0 Å². The lowest BCUT2D eigenvalue weighted by molar-refractivity contribution is 0.265. The van der Waals surface area contributed by atoms with Gasteiger partial charge in [-0.05, 0) is 62.4 Å². The van der Waals surface area contributed by atoms with Crippen LogP contribution in [0.2, 0.25) is 0 Å². The van der Waals surface area contributed by atoms with Gasteiger partial charge in [0.15, 0.2) is 5.11 Å². The van der Waals surface area contributed by atoms with Gasteiger partial charge in [0.1, 0.15) is 0 Å². The Bertz CT molecular complexity index is 943. The summed E-state index contributed by atoms with van der Waals surface area (Å²) in [6, 6.07) is 15.4. The van der Waals surface area contributed by atoms with Crippen LogP contribution in [-0.2, 0) is 23.1 Å². The molecule has 0 aliphatic rings. The van der Waals surface area contributed by atoms with E-state index in [0.717, 1.165) is 6.54 Å². The molecule has 2 rings (SSSR count). The van der Waals surface area contributed by atoms with Crippen LogP contribution in [0, 0.1) is 0 Å². The number of nitrogens with zero attached hydrogens (tertiary/aromatic N) is 2. The van der Waals surface area contributed by atoms with Gasteiger partial charge in [-0.25, -0.2) is 12.7 Å². The number of anilines is 1. The number of rotatable bonds is 8. The van der Waals surface area contributed by atoms with Crippen molar-refractivity contribution >= 4 is 33.0 Å². The summed E-state index contributed by atoms with van der Waals surface area (Å²) in [5, 5.41) is 6.72. The third-order valence-corrected chi connectivity index (χ3v) is 6.79. The van der Waals surface area contributed by atoms with Gasteiger partial charge in [-0.15, -0.1) is 0 Å². The van der Waals surface area contributed by atoms with Crippen molar-refractivity contribution in [3.8, 4) is 0 Å². The van der Waals surface area contributed by atoms with Crippen molar-refractivity contribution in [2.75, 3.05) is 26.5 Å². The molecule has 0 aliphatic carbocycles. The first-order chi connectivity index (χ1) is 13.6. The van der Waals surface area contributed by atoms with E-state index in [1.807, 2.05) is 12.1 Å². The number of thiocarbonyl (C=S) groups is 1. The predicted octanol–water partition coefficient (Wildman–Crippen LogP) is 3.26. The molecule has 0 aromatic heterocycles. The first-order valence-electron chi connectivity index (χ1n) is 9.45. The molecular weight excluding hydrogens is 404 g/mol. The van der Waals surface area contributed by atoms with Crippen LogP contribution in [0.1, 0.15) is 25.0 Å². The van der Waals surface area contributed by atoms with Crippen LogP contribution in [0.15, 0.2) is 53.4 Å². The first kappa shape index (κ1) is 23.3. The largest absolute Gasteiger partial charge is 0.358 e. The highest BCUT2D eigenvalue weighted by molar-refractivity contribution is 7.89. The molecule has 29 heavy (non-hydrogen) atoms. The topological polar surface area (TPSA) is 64.7 Å². The summed E-state index contributed by atoms with van der Waals surface area (Å²) in [4.78, 5) is 2.50. The van der Waals surface area contributed by atoms with Crippen LogP contribution in [-0.4, -0.2) is 49.9 Å². The zero-order valence-electron chi connectivity index (χ0n) is 17.6. The number of sulfonamides is 1. The highest BCUT2D eigenvalue weighted by atomic mass is 32.2. The quantitative estimate of drug-likeness (QED) is 0.622. The van der Waals surface area contributed by atoms with E-state index in [4.69, 9.17) is 12.2 Å². The molecular formula is C21H30N4O2S2. The minimum absolute atomic E-state index is 0.220. The van der Waals surface area contributed by atoms with Gasteiger partial charge in [0.05, 0.1) is 4.90 Å². The second-order valence-corrected chi connectivity index (χ2v) is 9.96. The molecule has 0 unspecified atom stereocenters. The van der Waals surface area contributed by atoms with Gasteiger partial charge in [-0.2, -0.15) is 0 Å². The zero-order chi connectivity index (χ0) is 21.6. The molecule has 2 N–H and O–H groups in total. The predicted molar refractivity (Wildman–Crippen MR) is 123 cm³/mol. The Hall–Kier alpha value is -2.00. The summed E-state index contributed by atoms with van der Waals surface area (Å²) in [6.07, 6.45) is 0. The van der Waals surface area contributed by atoms with Crippen molar-refractivity contribution in [1.82, 2.24) is 14.5 Å². The smallest absolute Gasteiger partial charge is 0.242 e. The van der Waals surface area contributed by atoms with Crippen LogP contribution in [0.25, 0.3) is 0 Å². The van der Waals surface area contributed by atoms with E-state index in [2.05, 4.69) is 48.6 Å². The van der Waals surface area contributed by atoms with Crippen molar-refractivity contribution < 1.29 is 8.42 Å². The van der Waals surface area contributed by atoms with Gasteiger partial charge in [-0.3, -0.25) is 4.90 Å². The molecule has 0 radical (unpaired) electrons. The summed E-state index contributed by atoms with van der Waals surface area (Å²) in [5.41, 5.74) is 3.05. The van der Waals surface area contributed by atoms with Crippen molar-refractivity contribution in [2.45, 2.75) is 37.9 Å². The second kappa shape index (κ2) is 10.2. The molecule has 158 valence electrons. The average Bonchev–Trinajstić information content (AvgIpc) is 2.67. The van der Waals surface area contributed by atoms with Crippen molar-refractivity contribution in [1.29, 1.82) is 0 Å². The fourth-order valence-electron chi connectivity index (χ4n) is 2.63. The number of nitrogens with one attached hydrogen (secondary N) is 2. The molecule has 0 spiro atoms. The minimum Gasteiger partial charge on any atom is -0.358 e. The zero-order valence-corrected chi connectivity index (χ0v) is 19.3. The lowest BCUT2D eigenvalue weighted by Gasteiger charge is -2.23. The maximum atomic E-state index is 12.3. The van der Waals surface area contributed by atoms with E-state index in [1.165, 1.54) is 29.5 Å². The molecule has 2 aromatic carbocycles. The van der Waals surface area contributed by atoms with Crippen LogP contribution in [0.3, 0.4) is 0 Å². The Morgan fingerprint density at radius 2 is 1.69 bits per heavy atom. The Labute approximate surface area is 180 Å². The lowest BCUT2D eigenvalue weighted by atomic mass is 10.1. The third kappa shape index (κ3) is 6.50. The maximum Gasteiger partial charge on any atom is 0.242 e. The van der Waals surface area contributed by atoms with Crippen molar-refractivity contribution in [2.24, 2.45) is 0 Å². The Kier molecular flexibility index (Phi) is 8.15. The van der Waals surface area contributed by atoms with E-state index in [1.54, 1.807) is 24.3 Å². The first-order valence-corrected chi connectivity index (χ1v) is 11.3. The molecule has 6 nitrogen and oxygen atoms in total. The SMILES string of the molecule is CC(C)N(C)Cc1ccccc1CNC(=S)Nc1cccc(S(=O)(=O)N(C)C)c1. The second-order valence-electron chi connectivity index (χ2n) is 7.40. The fraction of sp³-hybridized carbons (Fsp3) is 0.381. The minimum atomic E-state index is -3.49. The molecule has 0 heterocycles. The fourth-order valence-corrected chi connectivity index (χ4v) is 3.77. The van der Waals surface area contributed by atoms with Crippen LogP contribution in [0.5, 0.6) is 0 Å². The van der Waals surface area contributed by atoms with E-state index < -0.39 is 10.0 Å². The highest BCUT2D eigenvalue weighted by Gasteiger charge is 2.17. The van der Waals surface area contributed by atoms with Crippen molar-refractivity contribution in [3.63, 3.8) is 0 Å². The van der Waals surface area contributed by atoms with E-state index in [9.17, 15) is 8.42 Å². The number of hydrogen-bond donors (Lipinski definition) is 2. The molecule has 0 aliphatic heterocycles. The van der Waals surface area contributed by atoms with E-state index in [0.29, 0.717) is 23.4 Å². The van der Waals surface area contributed by atoms with Crippen LogP contribution < -0.4 is 10.6 Å². The van der Waals surface area contributed by atoms with Crippen LogP contribution in [0.4, 0.5) is 5.69 Å². The van der Waals surface area contributed by atoms with Gasteiger partial charge in [0, 0.05) is 38.9 Å². The summed E-state index contributed by atoms with van der Waals surface area (Å²) in [7, 11) is 1.64. The van der Waals surface area contributed by atoms with Crippen molar-refractivity contribution in [3.05, 3.63) is 59.7 Å². The Morgan fingerprint density at radius 1 is 1.03 bits per heavy atom. The molecule has 0 saturated carbocycles. The molecule has 0 saturated heterocycles. The third-order valence-electron chi connectivity index (χ3n) is 4.73. The number of benzene rings is 2. The summed E-state index contributed by atoms with van der Waals surface area (Å²) in [6.45, 7) is 5.79. The molecule has 0 fully saturated rings. The molecule has 0 bridgehead atoms. The average molecular weight is 435 g/mol. The summed E-state index contributed by atoms with van der Waals surface area (Å²) in [5.74, 6) is 0. The van der Waals surface area contributed by atoms with E-state index in [-0.39, 0.29) is 4.90 Å². The van der Waals surface area contributed by atoms with E-state index >= 15 is 0 Å². The molecule has 0 atom stereocenters. The molecule has 0 amide bonds. The highest BCUT2D eigenvalue weighted by Crippen LogP contribution is 2.18. The summed E-state index contributed by atoms with van der Waals surface area (Å²) < 4.78 is 25.8. The Balaban J connectivity index is 2.03. The monoisotopic (exact) mass is 434 g/mol.